The molecule has 0 atom stereocenters. The van der Waals surface area contributed by atoms with Crippen LogP contribution in [0.2, 0.25) is 0 Å². The standard InChI is InChI=1S/C14H21N3O3S/c1-15(2)21(19,20)13-6-4-12(5-7-13)14(18)17-10-8-16(3)9-11-17/h4-7H,8-11H2,1-3H3. The number of nitrogens with zero attached hydrogens (tertiary/aromatic N) is 3. The van der Waals surface area contributed by atoms with E-state index >= 15 is 0 Å². The summed E-state index contributed by atoms with van der Waals surface area (Å²) in [5, 5.41) is 0. The molecule has 21 heavy (non-hydrogen) atoms. The van der Waals surface area contributed by atoms with Crippen LogP contribution in [-0.2, 0) is 10.0 Å². The van der Waals surface area contributed by atoms with Crippen molar-refractivity contribution in [3.63, 3.8) is 0 Å². The van der Waals surface area contributed by atoms with Crippen molar-refractivity contribution in [1.29, 1.82) is 0 Å². The summed E-state index contributed by atoms with van der Waals surface area (Å²) in [6.45, 7) is 3.12. The molecule has 1 amide bonds. The number of benzene rings is 1. The summed E-state index contributed by atoms with van der Waals surface area (Å²) < 4.78 is 25.1. The van der Waals surface area contributed by atoms with Gasteiger partial charge in [-0.15, -0.1) is 0 Å². The molecule has 0 radical (unpaired) electrons. The molecule has 0 bridgehead atoms. The summed E-state index contributed by atoms with van der Waals surface area (Å²) in [6.07, 6.45) is 0. The topological polar surface area (TPSA) is 60.9 Å². The number of carbonyl (C=O) groups excluding carboxylic acids is 1. The van der Waals surface area contributed by atoms with Crippen LogP contribution in [0.4, 0.5) is 0 Å². The number of likely N-dealkylation sites (N-methyl/N-ethyl adjacent to an activating group) is 1. The minimum atomic E-state index is -3.45. The summed E-state index contributed by atoms with van der Waals surface area (Å²) in [5.41, 5.74) is 0.525. The van der Waals surface area contributed by atoms with E-state index in [0.717, 1.165) is 17.4 Å². The maximum absolute atomic E-state index is 12.3. The normalized spacial score (nSPS) is 17.2. The first-order chi connectivity index (χ1) is 9.82. The molecular formula is C14H21N3O3S. The number of piperazine rings is 1. The zero-order valence-corrected chi connectivity index (χ0v) is 13.4. The van der Waals surface area contributed by atoms with E-state index in [2.05, 4.69) is 4.90 Å². The summed E-state index contributed by atoms with van der Waals surface area (Å²) in [4.78, 5) is 16.5. The fourth-order valence-electron chi connectivity index (χ4n) is 2.17. The van der Waals surface area contributed by atoms with E-state index in [1.807, 2.05) is 7.05 Å². The maximum Gasteiger partial charge on any atom is 0.253 e. The fraction of sp³-hybridized carbons (Fsp3) is 0.500. The van der Waals surface area contributed by atoms with Gasteiger partial charge in [0.25, 0.3) is 5.91 Å². The van der Waals surface area contributed by atoms with Crippen molar-refractivity contribution in [2.45, 2.75) is 4.90 Å². The zero-order valence-electron chi connectivity index (χ0n) is 12.6. The molecule has 0 saturated carbocycles. The third-order valence-electron chi connectivity index (χ3n) is 3.67. The van der Waals surface area contributed by atoms with Crippen molar-refractivity contribution >= 4 is 15.9 Å². The predicted octanol–water partition coefficient (Wildman–Crippen LogP) is 0.325. The van der Waals surface area contributed by atoms with Gasteiger partial charge in [-0.3, -0.25) is 4.79 Å². The summed E-state index contributed by atoms with van der Waals surface area (Å²) in [6, 6.07) is 6.13. The highest BCUT2D eigenvalue weighted by molar-refractivity contribution is 7.89. The Labute approximate surface area is 126 Å². The lowest BCUT2D eigenvalue weighted by molar-refractivity contribution is 0.0664. The highest BCUT2D eigenvalue weighted by atomic mass is 32.2. The second-order valence-electron chi connectivity index (χ2n) is 5.41. The average molecular weight is 311 g/mol. The first-order valence-corrected chi connectivity index (χ1v) is 8.27. The minimum absolute atomic E-state index is 0.0445. The number of hydrogen-bond donors (Lipinski definition) is 0. The van der Waals surface area contributed by atoms with Crippen LogP contribution >= 0.6 is 0 Å². The summed E-state index contributed by atoms with van der Waals surface area (Å²) >= 11 is 0. The molecule has 6 nitrogen and oxygen atoms in total. The van der Waals surface area contributed by atoms with E-state index in [1.54, 1.807) is 17.0 Å². The summed E-state index contributed by atoms with van der Waals surface area (Å²) in [7, 11) is 1.55. The van der Waals surface area contributed by atoms with Crippen molar-refractivity contribution in [1.82, 2.24) is 14.1 Å². The molecule has 116 valence electrons. The van der Waals surface area contributed by atoms with Crippen LogP contribution in [0, 0.1) is 0 Å². The highest BCUT2D eigenvalue weighted by Crippen LogP contribution is 2.15. The molecule has 0 N–H and O–H groups in total. The maximum atomic E-state index is 12.3. The second-order valence-corrected chi connectivity index (χ2v) is 7.56. The number of hydrogen-bond acceptors (Lipinski definition) is 4. The van der Waals surface area contributed by atoms with Gasteiger partial charge in [0, 0.05) is 45.8 Å². The lowest BCUT2D eigenvalue weighted by atomic mass is 10.2. The van der Waals surface area contributed by atoms with Gasteiger partial charge in [0.2, 0.25) is 10.0 Å². The van der Waals surface area contributed by atoms with E-state index in [1.165, 1.54) is 26.2 Å². The largest absolute Gasteiger partial charge is 0.336 e. The van der Waals surface area contributed by atoms with Crippen LogP contribution in [0.25, 0.3) is 0 Å². The molecule has 1 saturated heterocycles. The lowest BCUT2D eigenvalue weighted by Gasteiger charge is -2.32. The number of sulfonamides is 1. The van der Waals surface area contributed by atoms with E-state index in [0.29, 0.717) is 18.7 Å². The fourth-order valence-corrected chi connectivity index (χ4v) is 3.07. The predicted molar refractivity (Wildman–Crippen MR) is 80.7 cm³/mol. The van der Waals surface area contributed by atoms with Gasteiger partial charge in [0.15, 0.2) is 0 Å². The van der Waals surface area contributed by atoms with Gasteiger partial charge in [-0.1, -0.05) is 0 Å². The Morgan fingerprint density at radius 1 is 1.05 bits per heavy atom. The van der Waals surface area contributed by atoms with Crippen LogP contribution in [-0.4, -0.2) is 75.8 Å². The Morgan fingerprint density at radius 3 is 2.05 bits per heavy atom. The molecule has 0 spiro atoms. The lowest BCUT2D eigenvalue weighted by Crippen LogP contribution is -2.47. The molecule has 1 aliphatic rings. The Balaban J connectivity index is 2.14. The van der Waals surface area contributed by atoms with Gasteiger partial charge >= 0.3 is 0 Å². The van der Waals surface area contributed by atoms with Crippen molar-refractivity contribution in [2.75, 3.05) is 47.3 Å². The van der Waals surface area contributed by atoms with Crippen LogP contribution in [0.15, 0.2) is 29.2 Å². The monoisotopic (exact) mass is 311 g/mol. The van der Waals surface area contributed by atoms with E-state index in [9.17, 15) is 13.2 Å². The number of rotatable bonds is 3. The van der Waals surface area contributed by atoms with Crippen molar-refractivity contribution in [3.05, 3.63) is 29.8 Å². The van der Waals surface area contributed by atoms with Crippen LogP contribution in [0.5, 0.6) is 0 Å². The van der Waals surface area contributed by atoms with Gasteiger partial charge in [0.05, 0.1) is 4.90 Å². The van der Waals surface area contributed by atoms with E-state index < -0.39 is 10.0 Å². The molecule has 2 rings (SSSR count). The molecule has 7 heteroatoms. The molecule has 1 aromatic rings. The Bertz CT molecular complexity index is 603. The molecule has 1 heterocycles. The van der Waals surface area contributed by atoms with Crippen molar-refractivity contribution < 1.29 is 13.2 Å². The smallest absolute Gasteiger partial charge is 0.253 e. The average Bonchev–Trinajstić information content (AvgIpc) is 2.47. The van der Waals surface area contributed by atoms with Crippen molar-refractivity contribution in [2.24, 2.45) is 0 Å². The molecular weight excluding hydrogens is 290 g/mol. The minimum Gasteiger partial charge on any atom is -0.336 e. The second kappa shape index (κ2) is 6.13. The summed E-state index contributed by atoms with van der Waals surface area (Å²) in [5.74, 6) is -0.0445. The third-order valence-corrected chi connectivity index (χ3v) is 5.50. The first kappa shape index (κ1) is 15.9. The molecule has 0 aromatic heterocycles. The van der Waals surface area contributed by atoms with Crippen LogP contribution < -0.4 is 0 Å². The zero-order chi connectivity index (χ0) is 15.6. The van der Waals surface area contributed by atoms with Gasteiger partial charge in [-0.25, -0.2) is 12.7 Å². The first-order valence-electron chi connectivity index (χ1n) is 6.83. The Hall–Kier alpha value is -1.44. The molecule has 1 aliphatic heterocycles. The van der Waals surface area contributed by atoms with E-state index in [-0.39, 0.29) is 10.8 Å². The SMILES string of the molecule is CN1CCN(C(=O)c2ccc(S(=O)(=O)N(C)C)cc2)CC1. The van der Waals surface area contributed by atoms with Crippen molar-refractivity contribution in [3.8, 4) is 0 Å². The van der Waals surface area contributed by atoms with Crippen LogP contribution in [0.1, 0.15) is 10.4 Å². The van der Waals surface area contributed by atoms with Gasteiger partial charge in [-0.05, 0) is 31.3 Å². The molecule has 0 aliphatic carbocycles. The third kappa shape index (κ3) is 3.42. The van der Waals surface area contributed by atoms with Gasteiger partial charge < -0.3 is 9.80 Å². The Morgan fingerprint density at radius 2 is 1.57 bits per heavy atom. The number of carbonyl (C=O) groups is 1. The highest BCUT2D eigenvalue weighted by Gasteiger charge is 2.22. The van der Waals surface area contributed by atoms with Gasteiger partial charge in [-0.2, -0.15) is 0 Å². The molecule has 0 unspecified atom stereocenters. The van der Waals surface area contributed by atoms with Gasteiger partial charge in [0.1, 0.15) is 0 Å². The molecule has 1 fully saturated rings. The van der Waals surface area contributed by atoms with Crippen LogP contribution in [0.3, 0.4) is 0 Å². The quantitative estimate of drug-likeness (QED) is 0.807. The van der Waals surface area contributed by atoms with E-state index in [4.69, 9.17) is 0 Å². The number of amides is 1. The molecule has 1 aromatic carbocycles. The Kier molecular flexibility index (Phi) is 4.65.